The Hall–Kier alpha value is -0.630. The maximum absolute atomic E-state index is 8.62. The van der Waals surface area contributed by atoms with Crippen LogP contribution in [-0.4, -0.2) is 43.0 Å². The summed E-state index contributed by atoms with van der Waals surface area (Å²) in [5.74, 6) is -0.507. The van der Waals surface area contributed by atoms with Gasteiger partial charge in [0.05, 0.1) is 31.2 Å². The molecule has 15 heavy (non-hydrogen) atoms. The molecular formula is C11H18N2O2. The lowest BCUT2D eigenvalue weighted by atomic mass is 10.1. The van der Waals surface area contributed by atoms with E-state index in [-0.39, 0.29) is 6.10 Å². The van der Waals surface area contributed by atoms with Crippen LogP contribution in [0, 0.1) is 11.3 Å². The lowest BCUT2D eigenvalue weighted by Crippen LogP contribution is -2.47. The summed E-state index contributed by atoms with van der Waals surface area (Å²) < 4.78 is 11.6. The van der Waals surface area contributed by atoms with Crippen molar-refractivity contribution in [1.82, 2.24) is 4.90 Å². The highest BCUT2D eigenvalue weighted by atomic mass is 16.7. The minimum Gasteiger partial charge on any atom is -0.346 e. The van der Waals surface area contributed by atoms with Crippen LogP contribution in [0.1, 0.15) is 26.2 Å². The Kier molecular flexibility index (Phi) is 2.96. The van der Waals surface area contributed by atoms with Gasteiger partial charge in [-0.2, -0.15) is 5.26 Å². The second-order valence-electron chi connectivity index (χ2n) is 4.57. The van der Waals surface area contributed by atoms with Gasteiger partial charge in [-0.1, -0.05) is 0 Å². The predicted molar refractivity (Wildman–Crippen MR) is 55.1 cm³/mol. The molecule has 0 spiro atoms. The molecule has 0 aromatic carbocycles. The van der Waals surface area contributed by atoms with Gasteiger partial charge in [0, 0.05) is 0 Å². The maximum atomic E-state index is 8.62. The standard InChI is InChI=1S/C11H18N2O2/c1-11(10-4-3-7-13(10)2)14-8-9(15-11)5-6-12/h9-10H,3-5,7-8H2,1-2H3. The maximum Gasteiger partial charge on any atom is 0.181 e. The Morgan fingerprint density at radius 1 is 1.60 bits per heavy atom. The lowest BCUT2D eigenvalue weighted by Gasteiger charge is -2.34. The van der Waals surface area contributed by atoms with Crippen LogP contribution in [0.15, 0.2) is 0 Å². The molecule has 0 N–H and O–H groups in total. The normalized spacial score (nSPS) is 41.9. The molecule has 3 unspecified atom stereocenters. The fraction of sp³-hybridized carbons (Fsp3) is 0.909. The number of rotatable bonds is 2. The summed E-state index contributed by atoms with van der Waals surface area (Å²) in [6, 6.07) is 2.47. The molecule has 0 bridgehead atoms. The first-order valence-corrected chi connectivity index (χ1v) is 5.54. The van der Waals surface area contributed by atoms with Crippen molar-refractivity contribution in [2.24, 2.45) is 0 Å². The van der Waals surface area contributed by atoms with Gasteiger partial charge in [0.2, 0.25) is 0 Å². The molecule has 0 amide bonds. The summed E-state index contributed by atoms with van der Waals surface area (Å²) in [5, 5.41) is 8.62. The summed E-state index contributed by atoms with van der Waals surface area (Å²) in [6.07, 6.45) is 2.69. The van der Waals surface area contributed by atoms with Crippen molar-refractivity contribution in [1.29, 1.82) is 5.26 Å². The van der Waals surface area contributed by atoms with Gasteiger partial charge >= 0.3 is 0 Å². The fourth-order valence-electron chi connectivity index (χ4n) is 2.61. The van der Waals surface area contributed by atoms with E-state index in [1.165, 1.54) is 6.42 Å². The van der Waals surface area contributed by atoms with Crippen molar-refractivity contribution in [2.45, 2.75) is 44.1 Å². The van der Waals surface area contributed by atoms with Crippen molar-refractivity contribution in [3.8, 4) is 6.07 Å². The van der Waals surface area contributed by atoms with E-state index >= 15 is 0 Å². The molecule has 0 aromatic rings. The third kappa shape index (κ3) is 2.00. The molecule has 0 aliphatic carbocycles. The molecule has 0 saturated carbocycles. The van der Waals surface area contributed by atoms with Crippen LogP contribution >= 0.6 is 0 Å². The first kappa shape index (κ1) is 10.9. The third-order valence-electron chi connectivity index (χ3n) is 3.40. The molecule has 4 heteroatoms. The molecule has 2 aliphatic rings. The molecule has 3 atom stereocenters. The van der Waals surface area contributed by atoms with Gasteiger partial charge in [-0.3, -0.25) is 4.90 Å². The quantitative estimate of drug-likeness (QED) is 0.685. The van der Waals surface area contributed by atoms with Crippen LogP contribution in [0.2, 0.25) is 0 Å². The minimum atomic E-state index is -0.507. The zero-order chi connectivity index (χ0) is 10.9. The number of nitrogens with zero attached hydrogens (tertiary/aromatic N) is 2. The molecule has 4 nitrogen and oxygen atoms in total. The summed E-state index contributed by atoms with van der Waals surface area (Å²) >= 11 is 0. The van der Waals surface area contributed by atoms with Gasteiger partial charge < -0.3 is 9.47 Å². The van der Waals surface area contributed by atoms with Gasteiger partial charge in [0.1, 0.15) is 0 Å². The Morgan fingerprint density at radius 3 is 3.00 bits per heavy atom. The number of likely N-dealkylation sites (N-methyl/N-ethyl adjacent to an activating group) is 1. The minimum absolute atomic E-state index is 0.0472. The topological polar surface area (TPSA) is 45.5 Å². The summed E-state index contributed by atoms with van der Waals surface area (Å²) in [5.41, 5.74) is 0. The number of hydrogen-bond acceptors (Lipinski definition) is 4. The molecule has 84 valence electrons. The van der Waals surface area contributed by atoms with Crippen LogP contribution in [-0.2, 0) is 9.47 Å². The first-order chi connectivity index (χ1) is 7.15. The summed E-state index contributed by atoms with van der Waals surface area (Å²) in [6.45, 7) is 3.65. The Bertz CT molecular complexity index is 276. The second kappa shape index (κ2) is 4.09. The SMILES string of the molecule is CN1CCCC1C1(C)OCC(CC#N)O1. The fourth-order valence-corrected chi connectivity index (χ4v) is 2.61. The monoisotopic (exact) mass is 210 g/mol. The Labute approximate surface area is 90.8 Å². The summed E-state index contributed by atoms with van der Waals surface area (Å²) in [4.78, 5) is 2.29. The van der Waals surface area contributed by atoms with Crippen molar-refractivity contribution >= 4 is 0 Å². The van der Waals surface area contributed by atoms with Crippen LogP contribution in [0.3, 0.4) is 0 Å². The van der Waals surface area contributed by atoms with Crippen LogP contribution in [0.5, 0.6) is 0 Å². The molecule has 2 heterocycles. The van der Waals surface area contributed by atoms with Gasteiger partial charge in [-0.25, -0.2) is 0 Å². The van der Waals surface area contributed by atoms with Gasteiger partial charge in [-0.05, 0) is 33.4 Å². The second-order valence-corrected chi connectivity index (χ2v) is 4.57. The van der Waals surface area contributed by atoms with E-state index in [9.17, 15) is 0 Å². The lowest BCUT2D eigenvalue weighted by molar-refractivity contribution is -0.188. The number of hydrogen-bond donors (Lipinski definition) is 0. The molecular weight excluding hydrogens is 192 g/mol. The van der Waals surface area contributed by atoms with E-state index in [1.54, 1.807) is 0 Å². The molecule has 2 aliphatic heterocycles. The highest BCUT2D eigenvalue weighted by Crippen LogP contribution is 2.35. The van der Waals surface area contributed by atoms with Crippen LogP contribution in [0.25, 0.3) is 0 Å². The zero-order valence-electron chi connectivity index (χ0n) is 9.40. The van der Waals surface area contributed by atoms with Gasteiger partial charge in [-0.15, -0.1) is 0 Å². The third-order valence-corrected chi connectivity index (χ3v) is 3.40. The number of nitriles is 1. The van der Waals surface area contributed by atoms with Crippen molar-refractivity contribution in [3.05, 3.63) is 0 Å². The van der Waals surface area contributed by atoms with E-state index < -0.39 is 5.79 Å². The van der Waals surface area contributed by atoms with E-state index in [4.69, 9.17) is 14.7 Å². The molecule has 2 rings (SSSR count). The van der Waals surface area contributed by atoms with E-state index in [0.29, 0.717) is 19.1 Å². The molecule has 2 saturated heterocycles. The predicted octanol–water partition coefficient (Wildman–Crippen LogP) is 1.13. The number of likely N-dealkylation sites (tertiary alicyclic amines) is 1. The van der Waals surface area contributed by atoms with E-state index in [1.807, 2.05) is 6.92 Å². The highest BCUT2D eigenvalue weighted by molar-refractivity contribution is 4.93. The van der Waals surface area contributed by atoms with Crippen LogP contribution < -0.4 is 0 Å². The van der Waals surface area contributed by atoms with E-state index in [0.717, 1.165) is 13.0 Å². The molecule has 0 radical (unpaired) electrons. The Balaban J connectivity index is 2.00. The first-order valence-electron chi connectivity index (χ1n) is 5.54. The zero-order valence-corrected chi connectivity index (χ0v) is 9.40. The van der Waals surface area contributed by atoms with Gasteiger partial charge in [0.15, 0.2) is 5.79 Å². The number of ether oxygens (including phenoxy) is 2. The van der Waals surface area contributed by atoms with Gasteiger partial charge in [0.25, 0.3) is 0 Å². The largest absolute Gasteiger partial charge is 0.346 e. The van der Waals surface area contributed by atoms with Crippen molar-refractivity contribution < 1.29 is 9.47 Å². The van der Waals surface area contributed by atoms with Crippen molar-refractivity contribution in [2.75, 3.05) is 20.2 Å². The van der Waals surface area contributed by atoms with Crippen LogP contribution in [0.4, 0.5) is 0 Å². The van der Waals surface area contributed by atoms with Crippen molar-refractivity contribution in [3.63, 3.8) is 0 Å². The smallest absolute Gasteiger partial charge is 0.181 e. The molecule has 0 aromatic heterocycles. The summed E-state index contributed by atoms with van der Waals surface area (Å²) in [7, 11) is 2.10. The Morgan fingerprint density at radius 2 is 2.40 bits per heavy atom. The average Bonchev–Trinajstić information content (AvgIpc) is 2.75. The molecule has 2 fully saturated rings. The average molecular weight is 210 g/mol. The highest BCUT2D eigenvalue weighted by Gasteiger charge is 2.46. The van der Waals surface area contributed by atoms with E-state index in [2.05, 4.69) is 18.0 Å².